The quantitative estimate of drug-likeness (QED) is 0.465. The summed E-state index contributed by atoms with van der Waals surface area (Å²) < 4.78 is 0. The summed E-state index contributed by atoms with van der Waals surface area (Å²) in [7, 11) is 0. The van der Waals surface area contributed by atoms with E-state index in [1.165, 1.54) is 5.56 Å². The first kappa shape index (κ1) is 16.7. The first-order chi connectivity index (χ1) is 11.1. The van der Waals surface area contributed by atoms with Crippen molar-refractivity contribution in [2.75, 3.05) is 11.9 Å². The van der Waals surface area contributed by atoms with E-state index in [0.29, 0.717) is 6.42 Å². The summed E-state index contributed by atoms with van der Waals surface area (Å²) in [6.45, 7) is 4.71. The normalized spacial score (nSPS) is 11.1. The number of aryl methyl sites for hydroxylation is 1. The van der Waals surface area contributed by atoms with Crippen molar-refractivity contribution >= 4 is 17.3 Å². The van der Waals surface area contributed by atoms with Gasteiger partial charge in [0.05, 0.1) is 5.71 Å². The Morgan fingerprint density at radius 2 is 1.87 bits per heavy atom. The predicted octanol–water partition coefficient (Wildman–Crippen LogP) is 3.73. The molecule has 2 rings (SSSR count). The zero-order valence-corrected chi connectivity index (χ0v) is 13.7. The number of nitrogens with zero attached hydrogens (tertiary/aromatic N) is 1. The zero-order valence-electron chi connectivity index (χ0n) is 13.7. The van der Waals surface area contributed by atoms with Gasteiger partial charge < -0.3 is 5.32 Å². The van der Waals surface area contributed by atoms with Crippen LogP contribution in [0, 0.1) is 6.92 Å². The molecule has 2 N–H and O–H groups in total. The second-order valence-corrected chi connectivity index (χ2v) is 5.50. The summed E-state index contributed by atoms with van der Waals surface area (Å²) in [6.07, 6.45) is 1.21. The Morgan fingerprint density at radius 3 is 2.61 bits per heavy atom. The predicted molar refractivity (Wildman–Crippen MR) is 95.7 cm³/mol. The number of anilines is 1. The third-order valence-corrected chi connectivity index (χ3v) is 3.47. The third-order valence-electron chi connectivity index (χ3n) is 3.47. The van der Waals surface area contributed by atoms with Crippen molar-refractivity contribution in [2.45, 2.75) is 26.7 Å². The molecule has 23 heavy (non-hydrogen) atoms. The van der Waals surface area contributed by atoms with E-state index in [0.717, 1.165) is 29.9 Å². The lowest BCUT2D eigenvalue weighted by Crippen LogP contribution is -2.19. The van der Waals surface area contributed by atoms with Crippen molar-refractivity contribution < 1.29 is 4.79 Å². The van der Waals surface area contributed by atoms with Gasteiger partial charge in [-0.25, -0.2) is 5.43 Å². The maximum absolute atomic E-state index is 11.8. The van der Waals surface area contributed by atoms with Crippen LogP contribution >= 0.6 is 0 Å². The number of hydrogen-bond acceptors (Lipinski definition) is 3. The second-order valence-electron chi connectivity index (χ2n) is 5.50. The molecule has 0 bridgehead atoms. The third kappa shape index (κ3) is 5.94. The minimum Gasteiger partial charge on any atom is -0.385 e. The van der Waals surface area contributed by atoms with E-state index in [9.17, 15) is 4.79 Å². The van der Waals surface area contributed by atoms with Crippen LogP contribution in [0.15, 0.2) is 59.7 Å². The molecule has 2 aromatic carbocycles. The molecule has 0 atom stereocenters. The monoisotopic (exact) mass is 309 g/mol. The van der Waals surface area contributed by atoms with E-state index in [-0.39, 0.29) is 5.91 Å². The van der Waals surface area contributed by atoms with Crippen molar-refractivity contribution in [1.82, 2.24) is 5.43 Å². The summed E-state index contributed by atoms with van der Waals surface area (Å²) in [5, 5.41) is 7.46. The molecule has 0 spiro atoms. The van der Waals surface area contributed by atoms with Crippen LogP contribution in [0.3, 0.4) is 0 Å². The lowest BCUT2D eigenvalue weighted by atomic mass is 10.1. The van der Waals surface area contributed by atoms with Crippen LogP contribution in [0.5, 0.6) is 0 Å². The van der Waals surface area contributed by atoms with E-state index in [1.807, 2.05) is 49.4 Å². The minimum absolute atomic E-state index is 0.0636. The van der Waals surface area contributed by atoms with Gasteiger partial charge in [0.2, 0.25) is 5.91 Å². The fraction of sp³-hybridized carbons (Fsp3) is 0.263. The molecule has 0 fully saturated rings. The van der Waals surface area contributed by atoms with Crippen molar-refractivity contribution in [3.63, 3.8) is 0 Å². The summed E-state index contributed by atoms with van der Waals surface area (Å²) in [6, 6.07) is 18.0. The number of carbonyl (C=O) groups excluding carboxylic acids is 1. The molecule has 0 aromatic heterocycles. The molecular formula is C19H23N3O. The maximum atomic E-state index is 11.8. The molecule has 0 aliphatic carbocycles. The molecule has 0 radical (unpaired) electrons. The van der Waals surface area contributed by atoms with Crippen LogP contribution in [-0.2, 0) is 4.79 Å². The number of hydrogen-bond donors (Lipinski definition) is 2. The number of amides is 1. The molecule has 0 aliphatic rings. The van der Waals surface area contributed by atoms with Gasteiger partial charge in [0, 0.05) is 18.7 Å². The van der Waals surface area contributed by atoms with Crippen LogP contribution in [0.25, 0.3) is 0 Å². The van der Waals surface area contributed by atoms with Crippen LogP contribution in [0.4, 0.5) is 5.69 Å². The van der Waals surface area contributed by atoms with Crippen molar-refractivity contribution in [1.29, 1.82) is 0 Å². The van der Waals surface area contributed by atoms with Crippen molar-refractivity contribution in [2.24, 2.45) is 5.10 Å². The average molecular weight is 309 g/mol. The Balaban J connectivity index is 1.69. The first-order valence-electron chi connectivity index (χ1n) is 7.84. The Morgan fingerprint density at radius 1 is 1.09 bits per heavy atom. The van der Waals surface area contributed by atoms with Crippen molar-refractivity contribution in [3.05, 3.63) is 65.7 Å². The van der Waals surface area contributed by atoms with Gasteiger partial charge >= 0.3 is 0 Å². The number of benzene rings is 2. The highest BCUT2D eigenvalue weighted by molar-refractivity contribution is 5.99. The molecule has 0 aliphatic heterocycles. The summed E-state index contributed by atoms with van der Waals surface area (Å²) in [4.78, 5) is 11.8. The Labute approximate surface area is 137 Å². The lowest BCUT2D eigenvalue weighted by molar-refractivity contribution is -0.121. The zero-order chi connectivity index (χ0) is 16.5. The number of rotatable bonds is 7. The second kappa shape index (κ2) is 8.73. The molecule has 1 amide bonds. The van der Waals surface area contributed by atoms with E-state index in [1.54, 1.807) is 0 Å². The van der Waals surface area contributed by atoms with Crippen LogP contribution in [0.1, 0.15) is 30.9 Å². The Hall–Kier alpha value is -2.62. The van der Waals surface area contributed by atoms with Crippen LogP contribution in [-0.4, -0.2) is 18.2 Å². The van der Waals surface area contributed by atoms with Crippen molar-refractivity contribution in [3.8, 4) is 0 Å². The standard InChI is InChI=1S/C19H23N3O/c1-15-8-6-11-18(14-15)20-13-7-12-19(23)22-21-16(2)17-9-4-3-5-10-17/h3-6,8-11,14,20H,7,12-13H2,1-2H3,(H,22,23)/b21-16+. The SMILES string of the molecule is C/C(=N\NC(=O)CCCNc1cccc(C)c1)c1ccccc1. The summed E-state index contributed by atoms with van der Waals surface area (Å²) in [5.41, 5.74) is 6.73. The maximum Gasteiger partial charge on any atom is 0.240 e. The van der Waals surface area contributed by atoms with Gasteiger partial charge in [-0.15, -0.1) is 0 Å². The topological polar surface area (TPSA) is 53.5 Å². The fourth-order valence-corrected chi connectivity index (χ4v) is 2.18. The van der Waals surface area contributed by atoms with E-state index in [4.69, 9.17) is 0 Å². The fourth-order valence-electron chi connectivity index (χ4n) is 2.18. The van der Waals surface area contributed by atoms with Crippen LogP contribution < -0.4 is 10.7 Å². The lowest BCUT2D eigenvalue weighted by Gasteiger charge is -2.07. The largest absolute Gasteiger partial charge is 0.385 e. The van der Waals surface area contributed by atoms with Gasteiger partial charge in [0.1, 0.15) is 0 Å². The van der Waals surface area contributed by atoms with Gasteiger partial charge in [0.15, 0.2) is 0 Å². The first-order valence-corrected chi connectivity index (χ1v) is 7.84. The number of nitrogens with one attached hydrogen (secondary N) is 2. The number of hydrazone groups is 1. The summed E-state index contributed by atoms with van der Waals surface area (Å²) in [5.74, 6) is -0.0636. The van der Waals surface area contributed by atoms with Gasteiger partial charge in [-0.2, -0.15) is 5.10 Å². The molecular weight excluding hydrogens is 286 g/mol. The van der Waals surface area contributed by atoms with E-state index in [2.05, 4.69) is 34.9 Å². The molecule has 0 heterocycles. The van der Waals surface area contributed by atoms with Crippen LogP contribution in [0.2, 0.25) is 0 Å². The molecule has 4 heteroatoms. The van der Waals surface area contributed by atoms with E-state index >= 15 is 0 Å². The van der Waals surface area contributed by atoms with E-state index < -0.39 is 0 Å². The molecule has 4 nitrogen and oxygen atoms in total. The Bertz CT molecular complexity index is 665. The molecule has 2 aromatic rings. The smallest absolute Gasteiger partial charge is 0.240 e. The highest BCUT2D eigenvalue weighted by atomic mass is 16.2. The molecule has 120 valence electrons. The molecule has 0 saturated heterocycles. The highest BCUT2D eigenvalue weighted by Gasteiger charge is 2.01. The molecule has 0 saturated carbocycles. The molecule has 0 unspecified atom stereocenters. The minimum atomic E-state index is -0.0636. The average Bonchev–Trinajstić information content (AvgIpc) is 2.57. The highest BCUT2D eigenvalue weighted by Crippen LogP contribution is 2.09. The summed E-state index contributed by atoms with van der Waals surface area (Å²) >= 11 is 0. The van der Waals surface area contributed by atoms with Gasteiger partial charge in [-0.05, 0) is 43.5 Å². The van der Waals surface area contributed by atoms with Gasteiger partial charge in [0.25, 0.3) is 0 Å². The number of carbonyl (C=O) groups is 1. The van der Waals surface area contributed by atoms with Gasteiger partial charge in [-0.1, -0.05) is 42.5 Å². The Kier molecular flexibility index (Phi) is 6.36. The van der Waals surface area contributed by atoms with Gasteiger partial charge in [-0.3, -0.25) is 4.79 Å².